The van der Waals surface area contributed by atoms with Crippen molar-refractivity contribution in [3.05, 3.63) is 29.8 Å². The Morgan fingerprint density at radius 1 is 1.11 bits per heavy atom. The van der Waals surface area contributed by atoms with Crippen molar-refractivity contribution in [2.24, 2.45) is 0 Å². The smallest absolute Gasteiger partial charge is 0.321 e. The number of halogens is 2. The Balaban J connectivity index is 1.51. The quantitative estimate of drug-likeness (QED) is 0.736. The number of hydrogen-bond acceptors (Lipinski definition) is 5. The molecule has 0 radical (unpaired) electrons. The van der Waals surface area contributed by atoms with Gasteiger partial charge in [0, 0.05) is 38.3 Å². The molecule has 2 aliphatic rings. The number of benzene rings is 1. The van der Waals surface area contributed by atoms with Crippen molar-refractivity contribution in [3.63, 3.8) is 0 Å². The van der Waals surface area contributed by atoms with E-state index in [-0.39, 0.29) is 38.8 Å². The average molecular weight is 402 g/mol. The van der Waals surface area contributed by atoms with Gasteiger partial charge in [-0.3, -0.25) is 15.0 Å². The van der Waals surface area contributed by atoms with Gasteiger partial charge in [0.05, 0.1) is 6.54 Å². The maximum Gasteiger partial charge on any atom is 0.321 e. The summed E-state index contributed by atoms with van der Waals surface area (Å²) in [4.78, 5) is 24.5. The Bertz CT molecular complexity index is 837. The Labute approximate surface area is 155 Å². The molecule has 27 heavy (non-hydrogen) atoms. The molecule has 1 aliphatic carbocycles. The first-order chi connectivity index (χ1) is 12.8. The first kappa shape index (κ1) is 19.6. The topological polar surface area (TPSA) is 98.8 Å². The number of nitrogens with one attached hydrogen (secondary N) is 2. The SMILES string of the molecule is O=C(CN1CCN(S(=O)(=O)c2ccc(F)cc2F)CC1)NC(=O)NC1CC1. The number of amides is 3. The summed E-state index contributed by atoms with van der Waals surface area (Å²) in [6, 6.07) is 1.93. The minimum Gasteiger partial charge on any atom is -0.335 e. The van der Waals surface area contributed by atoms with Crippen molar-refractivity contribution >= 4 is 22.0 Å². The van der Waals surface area contributed by atoms with Gasteiger partial charge in [-0.15, -0.1) is 0 Å². The van der Waals surface area contributed by atoms with Crippen molar-refractivity contribution < 1.29 is 26.8 Å². The lowest BCUT2D eigenvalue weighted by Gasteiger charge is -2.33. The van der Waals surface area contributed by atoms with Gasteiger partial charge in [0.25, 0.3) is 0 Å². The Kier molecular flexibility index (Phi) is 5.72. The molecular weight excluding hydrogens is 382 g/mol. The summed E-state index contributed by atoms with van der Waals surface area (Å²) in [5.74, 6) is -2.47. The highest BCUT2D eigenvalue weighted by molar-refractivity contribution is 7.89. The van der Waals surface area contributed by atoms with Crippen LogP contribution in [0.2, 0.25) is 0 Å². The van der Waals surface area contributed by atoms with E-state index in [2.05, 4.69) is 10.6 Å². The number of urea groups is 1. The van der Waals surface area contributed by atoms with Gasteiger partial charge in [-0.25, -0.2) is 22.0 Å². The van der Waals surface area contributed by atoms with Gasteiger partial charge in [0.15, 0.2) is 0 Å². The predicted molar refractivity (Wildman–Crippen MR) is 91.3 cm³/mol. The molecule has 2 N–H and O–H groups in total. The van der Waals surface area contributed by atoms with Crippen molar-refractivity contribution in [2.45, 2.75) is 23.8 Å². The van der Waals surface area contributed by atoms with Crippen LogP contribution in [0.25, 0.3) is 0 Å². The van der Waals surface area contributed by atoms with Crippen LogP contribution < -0.4 is 10.6 Å². The molecule has 0 unspecified atom stereocenters. The lowest BCUT2D eigenvalue weighted by molar-refractivity contribution is -0.121. The third kappa shape index (κ3) is 4.99. The fourth-order valence-electron chi connectivity index (χ4n) is 2.77. The van der Waals surface area contributed by atoms with E-state index in [4.69, 9.17) is 0 Å². The second kappa shape index (κ2) is 7.87. The van der Waals surface area contributed by atoms with Crippen LogP contribution in [0.4, 0.5) is 13.6 Å². The largest absolute Gasteiger partial charge is 0.335 e. The Morgan fingerprint density at radius 2 is 1.78 bits per heavy atom. The molecule has 1 aromatic rings. The predicted octanol–water partition coefficient (Wildman–Crippen LogP) is 0.259. The summed E-state index contributed by atoms with van der Waals surface area (Å²) >= 11 is 0. The number of nitrogens with zero attached hydrogens (tertiary/aromatic N) is 2. The van der Waals surface area contributed by atoms with E-state index in [1.165, 1.54) is 0 Å². The third-order valence-electron chi connectivity index (χ3n) is 4.38. The van der Waals surface area contributed by atoms with Gasteiger partial charge >= 0.3 is 6.03 Å². The molecule has 1 saturated heterocycles. The van der Waals surface area contributed by atoms with E-state index in [1.54, 1.807) is 4.90 Å². The number of sulfonamides is 1. The van der Waals surface area contributed by atoms with Crippen LogP contribution in [0.5, 0.6) is 0 Å². The number of imide groups is 1. The van der Waals surface area contributed by atoms with Crippen molar-refractivity contribution in [3.8, 4) is 0 Å². The molecule has 148 valence electrons. The molecule has 0 aromatic heterocycles. The molecule has 2 fully saturated rings. The zero-order valence-corrected chi connectivity index (χ0v) is 15.3. The second-order valence-electron chi connectivity index (χ2n) is 6.55. The summed E-state index contributed by atoms with van der Waals surface area (Å²) in [6.45, 7) is 0.567. The molecule has 1 heterocycles. The summed E-state index contributed by atoms with van der Waals surface area (Å²) in [6.07, 6.45) is 1.82. The zero-order chi connectivity index (χ0) is 19.6. The highest BCUT2D eigenvalue weighted by atomic mass is 32.2. The highest BCUT2D eigenvalue weighted by Crippen LogP contribution is 2.21. The van der Waals surface area contributed by atoms with E-state index in [0.717, 1.165) is 29.3 Å². The first-order valence-electron chi connectivity index (χ1n) is 8.53. The van der Waals surface area contributed by atoms with E-state index in [9.17, 15) is 26.8 Å². The van der Waals surface area contributed by atoms with Gasteiger partial charge in [-0.05, 0) is 25.0 Å². The molecule has 0 spiro atoms. The van der Waals surface area contributed by atoms with E-state index < -0.39 is 38.5 Å². The van der Waals surface area contributed by atoms with Crippen LogP contribution in [0.1, 0.15) is 12.8 Å². The molecule has 11 heteroatoms. The van der Waals surface area contributed by atoms with E-state index in [0.29, 0.717) is 6.07 Å². The van der Waals surface area contributed by atoms with E-state index >= 15 is 0 Å². The molecule has 0 bridgehead atoms. The number of piperazine rings is 1. The number of carbonyl (C=O) groups is 2. The van der Waals surface area contributed by atoms with E-state index in [1.807, 2.05) is 0 Å². The van der Waals surface area contributed by atoms with Crippen LogP contribution in [-0.4, -0.2) is 68.3 Å². The average Bonchev–Trinajstić information content (AvgIpc) is 3.38. The van der Waals surface area contributed by atoms with Crippen LogP contribution in [-0.2, 0) is 14.8 Å². The minimum absolute atomic E-state index is 0.0448. The molecule has 8 nitrogen and oxygen atoms in total. The molecule has 3 amide bonds. The molecular formula is C16H20F2N4O4S. The van der Waals surface area contributed by atoms with Gasteiger partial charge in [-0.2, -0.15) is 4.31 Å². The lowest BCUT2D eigenvalue weighted by atomic mass is 10.3. The molecule has 0 atom stereocenters. The lowest BCUT2D eigenvalue weighted by Crippen LogP contribution is -2.52. The van der Waals surface area contributed by atoms with Crippen LogP contribution in [0.15, 0.2) is 23.1 Å². The van der Waals surface area contributed by atoms with Gasteiger partial charge < -0.3 is 5.32 Å². The number of hydrogen-bond donors (Lipinski definition) is 2. The Morgan fingerprint density at radius 3 is 2.37 bits per heavy atom. The highest BCUT2D eigenvalue weighted by Gasteiger charge is 2.31. The molecule has 1 aromatic carbocycles. The Hall–Kier alpha value is -2.11. The fraction of sp³-hybridized carbons (Fsp3) is 0.500. The maximum absolute atomic E-state index is 13.8. The van der Waals surface area contributed by atoms with Crippen LogP contribution in [0.3, 0.4) is 0 Å². The van der Waals surface area contributed by atoms with Gasteiger partial charge in [0.2, 0.25) is 15.9 Å². The summed E-state index contributed by atoms with van der Waals surface area (Å²) in [5.41, 5.74) is 0. The van der Waals surface area contributed by atoms with Crippen molar-refractivity contribution in [1.82, 2.24) is 19.8 Å². The summed E-state index contributed by atoms with van der Waals surface area (Å²) < 4.78 is 52.9. The molecule has 1 saturated carbocycles. The monoisotopic (exact) mass is 402 g/mol. The third-order valence-corrected chi connectivity index (χ3v) is 6.31. The normalized spacial score (nSPS) is 18.9. The standard InChI is InChI=1S/C16H20F2N4O4S/c17-11-1-4-14(13(18)9-11)27(25,26)22-7-5-21(6-8-22)10-15(23)20-16(24)19-12-2-3-12/h1,4,9,12H,2-3,5-8,10H2,(H2,19,20,23,24). The fourth-order valence-corrected chi connectivity index (χ4v) is 4.24. The molecule has 1 aliphatic heterocycles. The zero-order valence-electron chi connectivity index (χ0n) is 14.5. The summed E-state index contributed by atoms with van der Waals surface area (Å²) in [5, 5.41) is 4.87. The molecule has 3 rings (SSSR count). The minimum atomic E-state index is -4.09. The second-order valence-corrected chi connectivity index (χ2v) is 8.46. The van der Waals surface area contributed by atoms with Gasteiger partial charge in [0.1, 0.15) is 16.5 Å². The number of rotatable bonds is 5. The van der Waals surface area contributed by atoms with Crippen LogP contribution >= 0.6 is 0 Å². The maximum atomic E-state index is 13.8. The first-order valence-corrected chi connectivity index (χ1v) is 9.97. The number of carbonyl (C=O) groups excluding carboxylic acids is 2. The van der Waals surface area contributed by atoms with Crippen molar-refractivity contribution in [2.75, 3.05) is 32.7 Å². The van der Waals surface area contributed by atoms with Crippen molar-refractivity contribution in [1.29, 1.82) is 0 Å². The van der Waals surface area contributed by atoms with Crippen LogP contribution in [0, 0.1) is 11.6 Å². The summed E-state index contributed by atoms with van der Waals surface area (Å²) in [7, 11) is -4.09. The van der Waals surface area contributed by atoms with Gasteiger partial charge in [-0.1, -0.05) is 0 Å².